The lowest BCUT2D eigenvalue weighted by molar-refractivity contribution is -0.384. The molecule has 0 aliphatic rings. The number of rotatable bonds is 6. The van der Waals surface area contributed by atoms with Crippen molar-refractivity contribution in [2.75, 3.05) is 6.26 Å². The van der Waals surface area contributed by atoms with Crippen LogP contribution < -0.4 is 5.48 Å². The Labute approximate surface area is 121 Å². The van der Waals surface area contributed by atoms with E-state index in [1.165, 1.54) is 36.7 Å². The SMILES string of the molecule is C[C@@H](C(=O)NO)N(Cc1ccc([N+](=O)[O-])cc1)S(C)(=O)=O. The van der Waals surface area contributed by atoms with Crippen LogP contribution in [0.2, 0.25) is 0 Å². The fourth-order valence-electron chi connectivity index (χ4n) is 1.67. The first-order chi connectivity index (χ1) is 9.66. The molecule has 0 unspecified atom stereocenters. The average Bonchev–Trinajstić information content (AvgIpc) is 2.42. The summed E-state index contributed by atoms with van der Waals surface area (Å²) in [5.74, 6) is -0.873. The van der Waals surface area contributed by atoms with Crippen molar-refractivity contribution in [3.63, 3.8) is 0 Å². The molecule has 2 N–H and O–H groups in total. The topological polar surface area (TPSA) is 130 Å². The predicted octanol–water partition coefficient (Wildman–Crippen LogP) is 0.250. The number of carbonyl (C=O) groups is 1. The Bertz CT molecular complexity index is 628. The summed E-state index contributed by atoms with van der Waals surface area (Å²) in [5, 5.41) is 19.1. The van der Waals surface area contributed by atoms with Crippen LogP contribution in [0, 0.1) is 10.1 Å². The Balaban J connectivity index is 3.02. The Kier molecular flexibility index (Phi) is 5.35. The van der Waals surface area contributed by atoms with E-state index in [2.05, 4.69) is 0 Å². The molecule has 9 nitrogen and oxygen atoms in total. The number of nitro groups is 1. The maximum Gasteiger partial charge on any atom is 0.269 e. The molecule has 21 heavy (non-hydrogen) atoms. The maximum atomic E-state index is 11.7. The molecule has 1 amide bonds. The van der Waals surface area contributed by atoms with E-state index < -0.39 is 26.9 Å². The van der Waals surface area contributed by atoms with Gasteiger partial charge in [0.05, 0.1) is 11.2 Å². The van der Waals surface area contributed by atoms with E-state index in [9.17, 15) is 23.3 Å². The number of hydroxylamine groups is 1. The minimum atomic E-state index is -3.72. The normalized spacial score (nSPS) is 13.0. The molecule has 0 heterocycles. The molecule has 0 bridgehead atoms. The van der Waals surface area contributed by atoms with E-state index in [1.54, 1.807) is 0 Å². The minimum absolute atomic E-state index is 0.120. The van der Waals surface area contributed by atoms with Crippen molar-refractivity contribution < 1.29 is 23.3 Å². The molecule has 0 radical (unpaired) electrons. The molecule has 0 aliphatic heterocycles. The van der Waals surface area contributed by atoms with Crippen molar-refractivity contribution >= 4 is 21.6 Å². The van der Waals surface area contributed by atoms with Crippen LogP contribution in [-0.4, -0.2) is 41.1 Å². The standard InChI is InChI=1S/C11H15N3O6S/c1-8(11(15)12-16)13(21(2,19)20)7-9-3-5-10(6-4-9)14(17)18/h3-6,8,16H,7H2,1-2H3,(H,12,15)/t8-/m0/s1. The van der Waals surface area contributed by atoms with E-state index in [0.29, 0.717) is 5.56 Å². The number of nitrogens with one attached hydrogen (secondary N) is 1. The molecule has 1 atom stereocenters. The predicted molar refractivity (Wildman–Crippen MR) is 72.9 cm³/mol. The van der Waals surface area contributed by atoms with Crippen LogP contribution >= 0.6 is 0 Å². The highest BCUT2D eigenvalue weighted by Gasteiger charge is 2.28. The zero-order chi connectivity index (χ0) is 16.2. The summed E-state index contributed by atoms with van der Waals surface area (Å²) in [5.41, 5.74) is 1.75. The van der Waals surface area contributed by atoms with Crippen LogP contribution in [0.25, 0.3) is 0 Å². The highest BCUT2D eigenvalue weighted by molar-refractivity contribution is 7.88. The second-order valence-electron chi connectivity index (χ2n) is 4.38. The minimum Gasteiger partial charge on any atom is -0.289 e. The highest BCUT2D eigenvalue weighted by atomic mass is 32.2. The van der Waals surface area contributed by atoms with E-state index in [-0.39, 0.29) is 12.2 Å². The molecule has 0 aromatic heterocycles. The van der Waals surface area contributed by atoms with Gasteiger partial charge in [0.15, 0.2) is 0 Å². The Morgan fingerprint density at radius 1 is 1.43 bits per heavy atom. The third-order valence-corrected chi connectivity index (χ3v) is 4.13. The molecule has 10 heteroatoms. The fraction of sp³-hybridized carbons (Fsp3) is 0.364. The van der Waals surface area contributed by atoms with Crippen LogP contribution in [0.15, 0.2) is 24.3 Å². The van der Waals surface area contributed by atoms with Gasteiger partial charge < -0.3 is 0 Å². The molecule has 0 aliphatic carbocycles. The summed E-state index contributed by atoms with van der Waals surface area (Å²) in [7, 11) is -3.72. The van der Waals surface area contributed by atoms with Gasteiger partial charge in [-0.15, -0.1) is 0 Å². The first kappa shape index (κ1) is 17.0. The van der Waals surface area contributed by atoms with E-state index in [1.807, 2.05) is 0 Å². The van der Waals surface area contributed by atoms with E-state index in [0.717, 1.165) is 10.6 Å². The molecule has 0 saturated carbocycles. The van der Waals surface area contributed by atoms with Crippen LogP contribution in [0.4, 0.5) is 5.69 Å². The quantitative estimate of drug-likeness (QED) is 0.439. The van der Waals surface area contributed by atoms with Crippen LogP contribution in [0.5, 0.6) is 0 Å². The monoisotopic (exact) mass is 317 g/mol. The second-order valence-corrected chi connectivity index (χ2v) is 6.32. The van der Waals surface area contributed by atoms with Gasteiger partial charge in [-0.2, -0.15) is 4.31 Å². The number of benzene rings is 1. The molecule has 1 rings (SSSR count). The zero-order valence-electron chi connectivity index (χ0n) is 11.4. The van der Waals surface area contributed by atoms with Crippen LogP contribution in [0.1, 0.15) is 12.5 Å². The van der Waals surface area contributed by atoms with Crippen molar-refractivity contribution in [1.82, 2.24) is 9.79 Å². The van der Waals surface area contributed by atoms with Gasteiger partial charge in [0.1, 0.15) is 6.04 Å². The molecule has 1 aromatic rings. The number of nitrogens with zero attached hydrogens (tertiary/aromatic N) is 2. The molecule has 0 fully saturated rings. The van der Waals surface area contributed by atoms with Gasteiger partial charge in [0.25, 0.3) is 11.6 Å². The van der Waals surface area contributed by atoms with Crippen molar-refractivity contribution in [2.45, 2.75) is 19.5 Å². The first-order valence-electron chi connectivity index (χ1n) is 5.81. The van der Waals surface area contributed by atoms with E-state index >= 15 is 0 Å². The van der Waals surface area contributed by atoms with Crippen LogP contribution in [-0.2, 0) is 21.4 Å². The Morgan fingerprint density at radius 3 is 2.33 bits per heavy atom. The lowest BCUT2D eigenvalue weighted by Gasteiger charge is -2.25. The molecular formula is C11H15N3O6S. The van der Waals surface area contributed by atoms with Gasteiger partial charge in [-0.1, -0.05) is 12.1 Å². The summed E-state index contributed by atoms with van der Waals surface area (Å²) in [4.78, 5) is 21.4. The van der Waals surface area contributed by atoms with Crippen molar-refractivity contribution in [3.05, 3.63) is 39.9 Å². The largest absolute Gasteiger partial charge is 0.289 e. The van der Waals surface area contributed by atoms with Crippen molar-refractivity contribution in [3.8, 4) is 0 Å². The summed E-state index contributed by atoms with van der Waals surface area (Å²) in [6.07, 6.45) is 0.930. The summed E-state index contributed by atoms with van der Waals surface area (Å²) in [6, 6.07) is 4.17. The third kappa shape index (κ3) is 4.48. The summed E-state index contributed by atoms with van der Waals surface area (Å²) in [6.45, 7) is 1.17. The molecule has 0 saturated heterocycles. The lowest BCUT2D eigenvalue weighted by atomic mass is 10.2. The Morgan fingerprint density at radius 2 is 1.95 bits per heavy atom. The fourth-order valence-corrected chi connectivity index (χ4v) is 2.72. The van der Waals surface area contributed by atoms with Gasteiger partial charge >= 0.3 is 0 Å². The molecule has 116 valence electrons. The second kappa shape index (κ2) is 6.61. The van der Waals surface area contributed by atoms with Crippen LogP contribution in [0.3, 0.4) is 0 Å². The lowest BCUT2D eigenvalue weighted by Crippen LogP contribution is -2.46. The molecule has 1 aromatic carbocycles. The molecule has 0 spiro atoms. The number of sulfonamides is 1. The van der Waals surface area contributed by atoms with Gasteiger partial charge in [0, 0.05) is 18.7 Å². The zero-order valence-corrected chi connectivity index (χ0v) is 12.2. The van der Waals surface area contributed by atoms with Crippen molar-refractivity contribution in [2.24, 2.45) is 0 Å². The average molecular weight is 317 g/mol. The van der Waals surface area contributed by atoms with Gasteiger partial charge in [-0.3, -0.25) is 20.1 Å². The highest BCUT2D eigenvalue weighted by Crippen LogP contribution is 2.16. The number of amides is 1. The number of carbonyl (C=O) groups excluding carboxylic acids is 1. The number of hydrogen-bond donors (Lipinski definition) is 2. The van der Waals surface area contributed by atoms with E-state index in [4.69, 9.17) is 5.21 Å². The molecular weight excluding hydrogens is 302 g/mol. The third-order valence-electron chi connectivity index (χ3n) is 2.83. The van der Waals surface area contributed by atoms with Gasteiger partial charge in [-0.25, -0.2) is 13.9 Å². The number of non-ortho nitro benzene ring substituents is 1. The maximum absolute atomic E-state index is 11.7. The summed E-state index contributed by atoms with van der Waals surface area (Å²) >= 11 is 0. The number of hydrogen-bond acceptors (Lipinski definition) is 6. The van der Waals surface area contributed by atoms with Gasteiger partial charge in [0.2, 0.25) is 10.0 Å². The summed E-state index contributed by atoms with van der Waals surface area (Å²) < 4.78 is 24.3. The smallest absolute Gasteiger partial charge is 0.269 e. The van der Waals surface area contributed by atoms with Gasteiger partial charge in [-0.05, 0) is 12.5 Å². The number of nitro benzene ring substituents is 1. The Hall–Kier alpha value is -2.04. The first-order valence-corrected chi connectivity index (χ1v) is 7.65. The van der Waals surface area contributed by atoms with Crippen molar-refractivity contribution in [1.29, 1.82) is 0 Å².